The minimum atomic E-state index is -0.221. The van der Waals surface area contributed by atoms with Crippen LogP contribution in [0.2, 0.25) is 0 Å². The van der Waals surface area contributed by atoms with Crippen molar-refractivity contribution in [2.45, 2.75) is 19.9 Å². The zero-order chi connectivity index (χ0) is 11.3. The second-order valence-electron chi connectivity index (χ2n) is 3.35. The number of aldehydes is 1. The molecular formula is C11H15NO3. The third-order valence-corrected chi connectivity index (χ3v) is 2.28. The van der Waals surface area contributed by atoms with Gasteiger partial charge in [0.2, 0.25) is 0 Å². The predicted octanol–water partition coefficient (Wildman–Crippen LogP) is 1.01. The smallest absolute Gasteiger partial charge is 0.261 e. The van der Waals surface area contributed by atoms with Crippen molar-refractivity contribution in [2.75, 3.05) is 13.7 Å². The molecule has 0 unspecified atom stereocenters. The first-order valence-corrected chi connectivity index (χ1v) is 4.85. The van der Waals surface area contributed by atoms with Crippen LogP contribution in [-0.4, -0.2) is 24.6 Å². The monoisotopic (exact) mass is 209 g/mol. The molecule has 1 heterocycles. The number of hydrogen-bond donors (Lipinski definition) is 0. The molecule has 0 saturated heterocycles. The number of ether oxygens (including phenoxy) is 1. The molecule has 0 spiro atoms. The Kier molecular flexibility index (Phi) is 4.24. The predicted molar refractivity (Wildman–Crippen MR) is 57.3 cm³/mol. The topological polar surface area (TPSA) is 48.3 Å². The van der Waals surface area contributed by atoms with Crippen molar-refractivity contribution >= 4 is 6.29 Å². The van der Waals surface area contributed by atoms with Gasteiger partial charge < -0.3 is 9.30 Å². The van der Waals surface area contributed by atoms with E-state index in [0.717, 1.165) is 12.1 Å². The normalized spacial score (nSPS) is 10.3. The molecule has 15 heavy (non-hydrogen) atoms. The molecule has 0 aliphatic carbocycles. The van der Waals surface area contributed by atoms with E-state index in [1.165, 1.54) is 0 Å². The quantitative estimate of drug-likeness (QED) is 0.537. The molecule has 0 aromatic carbocycles. The number of aromatic nitrogens is 1. The molecule has 1 aromatic heterocycles. The first kappa shape index (κ1) is 11.7. The van der Waals surface area contributed by atoms with Gasteiger partial charge in [-0.25, -0.2) is 0 Å². The summed E-state index contributed by atoms with van der Waals surface area (Å²) in [5.41, 5.74) is 0.848. The van der Waals surface area contributed by atoms with Crippen LogP contribution in [-0.2, 0) is 11.3 Å². The van der Waals surface area contributed by atoms with Gasteiger partial charge in [0.1, 0.15) is 0 Å². The van der Waals surface area contributed by atoms with E-state index in [1.54, 1.807) is 23.8 Å². The summed E-state index contributed by atoms with van der Waals surface area (Å²) in [5, 5.41) is 0. The van der Waals surface area contributed by atoms with Crippen molar-refractivity contribution in [2.24, 2.45) is 0 Å². The van der Waals surface area contributed by atoms with Gasteiger partial charge in [-0.2, -0.15) is 0 Å². The second-order valence-corrected chi connectivity index (χ2v) is 3.35. The van der Waals surface area contributed by atoms with E-state index >= 15 is 0 Å². The molecule has 0 fully saturated rings. The van der Waals surface area contributed by atoms with Gasteiger partial charge in [-0.05, 0) is 25.5 Å². The SMILES string of the molecule is COCCCn1c(C)ccc(C=O)c1=O. The lowest BCUT2D eigenvalue weighted by Crippen LogP contribution is -2.25. The Balaban J connectivity index is 2.94. The first-order chi connectivity index (χ1) is 7.20. The van der Waals surface area contributed by atoms with Gasteiger partial charge in [0.15, 0.2) is 6.29 Å². The minimum absolute atomic E-state index is 0.206. The average Bonchev–Trinajstić information content (AvgIpc) is 2.23. The maximum absolute atomic E-state index is 11.7. The second kappa shape index (κ2) is 5.46. The summed E-state index contributed by atoms with van der Waals surface area (Å²) in [6.45, 7) is 3.04. The average molecular weight is 209 g/mol. The number of hydrogen-bond acceptors (Lipinski definition) is 3. The number of carbonyl (C=O) groups is 1. The van der Waals surface area contributed by atoms with Crippen molar-refractivity contribution in [1.29, 1.82) is 0 Å². The minimum Gasteiger partial charge on any atom is -0.385 e. The number of aryl methyl sites for hydroxylation is 1. The highest BCUT2D eigenvalue weighted by atomic mass is 16.5. The van der Waals surface area contributed by atoms with Crippen LogP contribution in [0.5, 0.6) is 0 Å². The lowest BCUT2D eigenvalue weighted by molar-refractivity contribution is 0.112. The summed E-state index contributed by atoms with van der Waals surface area (Å²) >= 11 is 0. The van der Waals surface area contributed by atoms with Gasteiger partial charge in [-0.1, -0.05) is 0 Å². The van der Waals surface area contributed by atoms with Crippen LogP contribution >= 0.6 is 0 Å². The third kappa shape index (κ3) is 2.76. The van der Waals surface area contributed by atoms with Crippen LogP contribution in [0.25, 0.3) is 0 Å². The van der Waals surface area contributed by atoms with Crippen molar-refractivity contribution in [3.05, 3.63) is 33.7 Å². The highest BCUT2D eigenvalue weighted by Gasteiger charge is 2.04. The standard InChI is InChI=1S/C11H15NO3/c1-9-4-5-10(8-13)11(14)12(9)6-3-7-15-2/h4-5,8H,3,6-7H2,1-2H3. The van der Waals surface area contributed by atoms with Gasteiger partial charge >= 0.3 is 0 Å². The number of pyridine rings is 1. The van der Waals surface area contributed by atoms with E-state index in [4.69, 9.17) is 4.74 Å². The molecule has 0 N–H and O–H groups in total. The molecule has 0 radical (unpaired) electrons. The van der Waals surface area contributed by atoms with Crippen molar-refractivity contribution in [1.82, 2.24) is 4.57 Å². The molecule has 1 rings (SSSR count). The van der Waals surface area contributed by atoms with Crippen LogP contribution in [0.4, 0.5) is 0 Å². The molecule has 4 nitrogen and oxygen atoms in total. The third-order valence-electron chi connectivity index (χ3n) is 2.28. The zero-order valence-corrected chi connectivity index (χ0v) is 9.03. The fourth-order valence-corrected chi connectivity index (χ4v) is 1.42. The molecule has 0 aliphatic heterocycles. The van der Waals surface area contributed by atoms with Crippen molar-refractivity contribution in [3.63, 3.8) is 0 Å². The lowest BCUT2D eigenvalue weighted by Gasteiger charge is -2.09. The van der Waals surface area contributed by atoms with Gasteiger partial charge in [-0.15, -0.1) is 0 Å². The summed E-state index contributed by atoms with van der Waals surface area (Å²) < 4.78 is 6.51. The number of rotatable bonds is 5. The van der Waals surface area contributed by atoms with Crippen LogP contribution in [0, 0.1) is 6.92 Å². The number of nitrogens with zero attached hydrogens (tertiary/aromatic N) is 1. The Bertz CT molecular complexity index is 395. The van der Waals surface area contributed by atoms with E-state index in [-0.39, 0.29) is 11.1 Å². The molecule has 0 bridgehead atoms. The van der Waals surface area contributed by atoms with E-state index in [1.807, 2.05) is 6.92 Å². The fourth-order valence-electron chi connectivity index (χ4n) is 1.42. The van der Waals surface area contributed by atoms with E-state index in [2.05, 4.69) is 0 Å². The number of carbonyl (C=O) groups excluding carboxylic acids is 1. The van der Waals surface area contributed by atoms with E-state index in [9.17, 15) is 9.59 Å². The maximum Gasteiger partial charge on any atom is 0.261 e. The lowest BCUT2D eigenvalue weighted by atomic mass is 10.2. The van der Waals surface area contributed by atoms with Crippen LogP contribution in [0.1, 0.15) is 22.5 Å². The van der Waals surface area contributed by atoms with Gasteiger partial charge in [0.25, 0.3) is 5.56 Å². The Morgan fingerprint density at radius 1 is 1.47 bits per heavy atom. The fraction of sp³-hybridized carbons (Fsp3) is 0.455. The van der Waals surface area contributed by atoms with Crippen molar-refractivity contribution in [3.8, 4) is 0 Å². The molecule has 0 amide bonds. The van der Waals surface area contributed by atoms with Crippen molar-refractivity contribution < 1.29 is 9.53 Å². The molecule has 4 heteroatoms. The van der Waals surface area contributed by atoms with Crippen LogP contribution in [0.15, 0.2) is 16.9 Å². The summed E-state index contributed by atoms with van der Waals surface area (Å²) in [4.78, 5) is 22.3. The Morgan fingerprint density at radius 2 is 2.20 bits per heavy atom. The number of methoxy groups -OCH3 is 1. The van der Waals surface area contributed by atoms with E-state index in [0.29, 0.717) is 19.4 Å². The molecule has 0 aliphatic rings. The zero-order valence-electron chi connectivity index (χ0n) is 9.03. The molecule has 0 saturated carbocycles. The van der Waals surface area contributed by atoms with Gasteiger partial charge in [0, 0.05) is 26.0 Å². The highest BCUT2D eigenvalue weighted by Crippen LogP contribution is 1.98. The van der Waals surface area contributed by atoms with Crippen LogP contribution < -0.4 is 5.56 Å². The Labute approximate surface area is 88.5 Å². The van der Waals surface area contributed by atoms with Crippen LogP contribution in [0.3, 0.4) is 0 Å². The summed E-state index contributed by atoms with van der Waals surface area (Å²) in [6.07, 6.45) is 1.36. The Hall–Kier alpha value is -1.42. The molecule has 1 aromatic rings. The molecular weight excluding hydrogens is 194 g/mol. The molecule has 82 valence electrons. The largest absolute Gasteiger partial charge is 0.385 e. The van der Waals surface area contributed by atoms with Gasteiger partial charge in [0.05, 0.1) is 5.56 Å². The van der Waals surface area contributed by atoms with E-state index < -0.39 is 0 Å². The maximum atomic E-state index is 11.7. The summed E-state index contributed by atoms with van der Waals surface area (Å²) in [7, 11) is 1.62. The Morgan fingerprint density at radius 3 is 2.80 bits per heavy atom. The highest BCUT2D eigenvalue weighted by molar-refractivity contribution is 5.73. The first-order valence-electron chi connectivity index (χ1n) is 4.85. The molecule has 0 atom stereocenters. The summed E-state index contributed by atoms with van der Waals surface area (Å²) in [5.74, 6) is 0. The van der Waals surface area contributed by atoms with Gasteiger partial charge in [-0.3, -0.25) is 9.59 Å². The summed E-state index contributed by atoms with van der Waals surface area (Å²) in [6, 6.07) is 3.33.